The standard InChI is InChI=1S/C23H31N3O3S2/c1-5-26(6-2)21(27)19-16(3)18(22(28)29-4)20(31-19)25-23(30)24-15-11-10-14-17-12-8-7-9-13-17/h7-9,12-13H,5-6,10-11,14-15H2,1-4H3,(H2,24,25,30). The molecule has 0 aliphatic carbocycles. The summed E-state index contributed by atoms with van der Waals surface area (Å²) in [5.74, 6) is -0.578. The molecule has 1 aromatic heterocycles. The lowest BCUT2D eigenvalue weighted by Crippen LogP contribution is -2.30. The molecule has 0 unspecified atom stereocenters. The van der Waals surface area contributed by atoms with Crippen LogP contribution in [-0.2, 0) is 11.2 Å². The van der Waals surface area contributed by atoms with Crippen molar-refractivity contribution in [2.24, 2.45) is 0 Å². The van der Waals surface area contributed by atoms with Gasteiger partial charge in [-0.1, -0.05) is 30.3 Å². The zero-order valence-corrected chi connectivity index (χ0v) is 20.3. The normalized spacial score (nSPS) is 10.5. The van der Waals surface area contributed by atoms with Gasteiger partial charge in [0.2, 0.25) is 0 Å². The third-order valence-corrected chi connectivity index (χ3v) is 6.47. The Hall–Kier alpha value is -2.45. The quantitative estimate of drug-likeness (QED) is 0.305. The van der Waals surface area contributed by atoms with Crippen molar-refractivity contribution in [3.63, 3.8) is 0 Å². The molecule has 8 heteroatoms. The topological polar surface area (TPSA) is 70.7 Å². The van der Waals surface area contributed by atoms with Gasteiger partial charge in [-0.3, -0.25) is 4.79 Å². The first-order valence-corrected chi connectivity index (χ1v) is 11.7. The molecular formula is C23H31N3O3S2. The first-order chi connectivity index (χ1) is 14.9. The maximum absolute atomic E-state index is 12.9. The number of carbonyl (C=O) groups excluding carboxylic acids is 2. The van der Waals surface area contributed by atoms with Crippen molar-refractivity contribution in [2.45, 2.75) is 40.0 Å². The summed E-state index contributed by atoms with van der Waals surface area (Å²) in [5.41, 5.74) is 2.29. The molecule has 2 N–H and O–H groups in total. The van der Waals surface area contributed by atoms with Crippen molar-refractivity contribution in [1.82, 2.24) is 10.2 Å². The summed E-state index contributed by atoms with van der Waals surface area (Å²) >= 11 is 6.65. The maximum atomic E-state index is 12.9. The summed E-state index contributed by atoms with van der Waals surface area (Å²) in [7, 11) is 1.33. The molecule has 0 saturated heterocycles. The fourth-order valence-corrected chi connectivity index (χ4v) is 4.69. The van der Waals surface area contributed by atoms with Crippen LogP contribution in [0.2, 0.25) is 0 Å². The molecule has 0 saturated carbocycles. The minimum atomic E-state index is -0.486. The summed E-state index contributed by atoms with van der Waals surface area (Å²) in [5, 5.41) is 7.23. The number of hydrogen-bond acceptors (Lipinski definition) is 5. The van der Waals surface area contributed by atoms with E-state index in [9.17, 15) is 9.59 Å². The number of methoxy groups -OCH3 is 1. The molecule has 168 valence electrons. The van der Waals surface area contributed by atoms with Crippen LogP contribution in [0.1, 0.15) is 57.8 Å². The number of benzene rings is 1. The van der Waals surface area contributed by atoms with Gasteiger partial charge in [0, 0.05) is 19.6 Å². The Balaban J connectivity index is 2.00. The van der Waals surface area contributed by atoms with Gasteiger partial charge in [0.15, 0.2) is 5.11 Å². The predicted octanol–water partition coefficient (Wildman–Crippen LogP) is 4.63. The molecule has 0 radical (unpaired) electrons. The Bertz CT molecular complexity index is 893. The van der Waals surface area contributed by atoms with E-state index >= 15 is 0 Å². The number of amides is 1. The van der Waals surface area contributed by atoms with Gasteiger partial charge in [-0.2, -0.15) is 0 Å². The Morgan fingerprint density at radius 3 is 2.42 bits per heavy atom. The molecular weight excluding hydrogens is 430 g/mol. The van der Waals surface area contributed by atoms with Crippen molar-refractivity contribution < 1.29 is 14.3 Å². The lowest BCUT2D eigenvalue weighted by Gasteiger charge is -2.17. The number of rotatable bonds is 10. The Morgan fingerprint density at radius 1 is 1.13 bits per heavy atom. The van der Waals surface area contributed by atoms with E-state index in [2.05, 4.69) is 22.8 Å². The molecule has 0 aliphatic rings. The average molecular weight is 462 g/mol. The number of thiocarbonyl (C=S) groups is 1. The highest BCUT2D eigenvalue weighted by atomic mass is 32.1. The minimum absolute atomic E-state index is 0.0921. The van der Waals surface area contributed by atoms with E-state index in [0.717, 1.165) is 25.8 Å². The smallest absolute Gasteiger partial charge is 0.341 e. The van der Waals surface area contributed by atoms with Gasteiger partial charge < -0.3 is 20.3 Å². The number of nitrogens with one attached hydrogen (secondary N) is 2. The van der Waals surface area contributed by atoms with E-state index in [1.54, 1.807) is 11.8 Å². The van der Waals surface area contributed by atoms with Crippen molar-refractivity contribution in [3.8, 4) is 0 Å². The first kappa shape index (κ1) is 24.8. The summed E-state index contributed by atoms with van der Waals surface area (Å²) in [6.45, 7) is 7.56. The average Bonchev–Trinajstić information content (AvgIpc) is 3.10. The van der Waals surface area contributed by atoms with E-state index in [0.29, 0.717) is 39.2 Å². The Morgan fingerprint density at radius 2 is 1.81 bits per heavy atom. The molecule has 0 atom stereocenters. The second-order valence-electron chi connectivity index (χ2n) is 7.05. The molecule has 1 aromatic carbocycles. The second kappa shape index (κ2) is 12.4. The SMILES string of the molecule is CCN(CC)C(=O)c1sc(NC(=S)NCCCCc2ccccc2)c(C(=O)OC)c1C. The highest BCUT2D eigenvalue weighted by molar-refractivity contribution is 7.80. The second-order valence-corrected chi connectivity index (χ2v) is 8.48. The number of nitrogens with zero attached hydrogens (tertiary/aromatic N) is 1. The number of hydrogen-bond donors (Lipinski definition) is 2. The summed E-state index contributed by atoms with van der Waals surface area (Å²) < 4.78 is 4.94. The summed E-state index contributed by atoms with van der Waals surface area (Å²) in [6, 6.07) is 10.4. The van der Waals surface area contributed by atoms with Crippen LogP contribution in [0.4, 0.5) is 5.00 Å². The van der Waals surface area contributed by atoms with Crippen LogP contribution in [0.15, 0.2) is 30.3 Å². The van der Waals surface area contributed by atoms with E-state index in [1.165, 1.54) is 24.0 Å². The van der Waals surface area contributed by atoms with Crippen LogP contribution in [0.25, 0.3) is 0 Å². The van der Waals surface area contributed by atoms with Crippen molar-refractivity contribution in [1.29, 1.82) is 0 Å². The first-order valence-electron chi connectivity index (χ1n) is 10.5. The molecule has 31 heavy (non-hydrogen) atoms. The minimum Gasteiger partial charge on any atom is -0.465 e. The van der Waals surface area contributed by atoms with E-state index < -0.39 is 5.97 Å². The van der Waals surface area contributed by atoms with Crippen molar-refractivity contribution >= 4 is 45.5 Å². The molecule has 0 aliphatic heterocycles. The van der Waals surface area contributed by atoms with Crippen LogP contribution >= 0.6 is 23.6 Å². The summed E-state index contributed by atoms with van der Waals surface area (Å²) in [4.78, 5) is 27.5. The lowest BCUT2D eigenvalue weighted by atomic mass is 10.1. The number of thiophene rings is 1. The van der Waals surface area contributed by atoms with E-state index in [-0.39, 0.29) is 5.91 Å². The molecule has 1 amide bonds. The van der Waals surface area contributed by atoms with Gasteiger partial charge in [-0.15, -0.1) is 11.3 Å². The Labute approximate surface area is 194 Å². The van der Waals surface area contributed by atoms with Gasteiger partial charge in [0.05, 0.1) is 17.6 Å². The number of unbranched alkanes of at least 4 members (excludes halogenated alkanes) is 1. The monoisotopic (exact) mass is 461 g/mol. The van der Waals surface area contributed by atoms with Crippen LogP contribution in [0, 0.1) is 6.92 Å². The zero-order chi connectivity index (χ0) is 22.8. The molecule has 0 fully saturated rings. The molecule has 0 bridgehead atoms. The van der Waals surface area contributed by atoms with Crippen LogP contribution in [0.5, 0.6) is 0 Å². The van der Waals surface area contributed by atoms with Gasteiger partial charge in [-0.05, 0) is 63.4 Å². The summed E-state index contributed by atoms with van der Waals surface area (Å²) in [6.07, 6.45) is 3.04. The molecule has 1 heterocycles. The van der Waals surface area contributed by atoms with Crippen molar-refractivity contribution in [3.05, 3.63) is 51.9 Å². The Kier molecular flexibility index (Phi) is 9.94. The van der Waals surface area contributed by atoms with Gasteiger partial charge in [-0.25, -0.2) is 4.79 Å². The van der Waals surface area contributed by atoms with Crippen LogP contribution in [0.3, 0.4) is 0 Å². The number of esters is 1. The third-order valence-electron chi connectivity index (χ3n) is 5.03. The van der Waals surface area contributed by atoms with Crippen LogP contribution in [-0.4, -0.2) is 48.6 Å². The highest BCUT2D eigenvalue weighted by Crippen LogP contribution is 2.34. The van der Waals surface area contributed by atoms with Gasteiger partial charge in [0.25, 0.3) is 5.91 Å². The largest absolute Gasteiger partial charge is 0.465 e. The molecule has 2 aromatic rings. The molecule has 2 rings (SSSR count). The molecule has 6 nitrogen and oxygen atoms in total. The van der Waals surface area contributed by atoms with E-state index in [1.807, 2.05) is 32.0 Å². The van der Waals surface area contributed by atoms with Crippen LogP contribution < -0.4 is 10.6 Å². The number of carbonyl (C=O) groups is 2. The number of aryl methyl sites for hydroxylation is 1. The third kappa shape index (κ3) is 6.77. The highest BCUT2D eigenvalue weighted by Gasteiger charge is 2.27. The fraction of sp³-hybridized carbons (Fsp3) is 0.435. The zero-order valence-electron chi connectivity index (χ0n) is 18.6. The van der Waals surface area contributed by atoms with Crippen molar-refractivity contribution in [2.75, 3.05) is 32.1 Å². The lowest BCUT2D eigenvalue weighted by molar-refractivity contribution is 0.0601. The number of anilines is 1. The predicted molar refractivity (Wildman–Crippen MR) is 131 cm³/mol. The fourth-order valence-electron chi connectivity index (χ4n) is 3.26. The number of ether oxygens (including phenoxy) is 1. The van der Waals surface area contributed by atoms with Gasteiger partial charge >= 0.3 is 5.97 Å². The van der Waals surface area contributed by atoms with Gasteiger partial charge in [0.1, 0.15) is 5.00 Å². The van der Waals surface area contributed by atoms with E-state index in [4.69, 9.17) is 17.0 Å². The maximum Gasteiger partial charge on any atom is 0.341 e. The molecule has 0 spiro atoms.